The molecule has 2 aromatic rings. The Balaban J connectivity index is 2.26. The Morgan fingerprint density at radius 1 is 1.35 bits per heavy atom. The van der Waals surface area contributed by atoms with Gasteiger partial charge in [0.25, 0.3) is 0 Å². The second-order valence-electron chi connectivity index (χ2n) is 4.86. The molecule has 1 heterocycles. The van der Waals surface area contributed by atoms with Crippen molar-refractivity contribution in [3.05, 3.63) is 42.2 Å². The quantitative estimate of drug-likeness (QED) is 0.812. The van der Waals surface area contributed by atoms with E-state index in [1.165, 1.54) is 17.3 Å². The minimum Gasteiger partial charge on any atom is -0.348 e. The van der Waals surface area contributed by atoms with Crippen LogP contribution < -0.4 is 0 Å². The first-order valence-corrected chi connectivity index (χ1v) is 7.36. The summed E-state index contributed by atoms with van der Waals surface area (Å²) >= 11 is 1.48. The number of amides is 1. The molecule has 0 aliphatic rings. The second kappa shape index (κ2) is 6.13. The fourth-order valence-electron chi connectivity index (χ4n) is 1.97. The number of benzene rings is 1. The third-order valence-corrected chi connectivity index (χ3v) is 4.12. The van der Waals surface area contributed by atoms with Gasteiger partial charge in [0, 0.05) is 26.5 Å². The number of aromatic nitrogens is 2. The normalized spacial score (nSPS) is 12.2. The zero-order valence-electron chi connectivity index (χ0n) is 12.2. The summed E-state index contributed by atoms with van der Waals surface area (Å²) in [5, 5.41) is 0.678. The first kappa shape index (κ1) is 14.7. The molecule has 5 heteroatoms. The van der Waals surface area contributed by atoms with Crippen LogP contribution >= 0.6 is 11.8 Å². The third kappa shape index (κ3) is 3.04. The van der Waals surface area contributed by atoms with Crippen LogP contribution in [0.1, 0.15) is 12.5 Å². The molecule has 20 heavy (non-hydrogen) atoms. The fraction of sp³-hybridized carbons (Fsp3) is 0.333. The number of nitrogens with zero attached hydrogens (tertiary/aromatic N) is 3. The van der Waals surface area contributed by atoms with E-state index in [4.69, 9.17) is 0 Å². The number of para-hydroxylation sites is 1. The highest BCUT2D eigenvalue weighted by atomic mass is 32.2. The Bertz CT molecular complexity index is 607. The molecule has 1 atom stereocenters. The van der Waals surface area contributed by atoms with Gasteiger partial charge in [-0.25, -0.2) is 4.98 Å². The predicted molar refractivity (Wildman–Crippen MR) is 82.3 cm³/mol. The molecule has 4 nitrogen and oxygen atoms in total. The van der Waals surface area contributed by atoms with Crippen molar-refractivity contribution in [2.45, 2.75) is 24.3 Å². The number of hydrogen-bond donors (Lipinski definition) is 0. The van der Waals surface area contributed by atoms with E-state index in [-0.39, 0.29) is 11.2 Å². The van der Waals surface area contributed by atoms with E-state index in [2.05, 4.69) is 24.0 Å². The monoisotopic (exact) mass is 289 g/mol. The Morgan fingerprint density at radius 3 is 2.70 bits per heavy atom. The van der Waals surface area contributed by atoms with Crippen LogP contribution in [0.25, 0.3) is 5.69 Å². The molecule has 1 aromatic heterocycles. The smallest absolute Gasteiger partial charge is 0.235 e. The summed E-state index contributed by atoms with van der Waals surface area (Å²) in [6.45, 7) is 3.97. The molecular formula is C15H19N3OS. The van der Waals surface area contributed by atoms with Crippen LogP contribution in [0, 0.1) is 6.92 Å². The SMILES string of the molecule is Cc1ccccc1-n1ccnc1S[C@H](C)C(=O)N(C)C. The van der Waals surface area contributed by atoms with Crippen molar-refractivity contribution in [2.75, 3.05) is 14.1 Å². The number of carbonyl (C=O) groups excluding carboxylic acids is 1. The zero-order valence-corrected chi connectivity index (χ0v) is 13.0. The average molecular weight is 289 g/mol. The minimum absolute atomic E-state index is 0.0920. The molecule has 0 fully saturated rings. The minimum atomic E-state index is -0.157. The molecule has 0 radical (unpaired) electrons. The van der Waals surface area contributed by atoms with Crippen LogP contribution in [0.5, 0.6) is 0 Å². The van der Waals surface area contributed by atoms with E-state index >= 15 is 0 Å². The maximum Gasteiger partial charge on any atom is 0.235 e. The van der Waals surface area contributed by atoms with E-state index in [1.807, 2.05) is 29.8 Å². The van der Waals surface area contributed by atoms with E-state index in [0.717, 1.165) is 10.8 Å². The van der Waals surface area contributed by atoms with Crippen molar-refractivity contribution in [3.63, 3.8) is 0 Å². The van der Waals surface area contributed by atoms with E-state index in [9.17, 15) is 4.79 Å². The summed E-state index contributed by atoms with van der Waals surface area (Å²) in [5.41, 5.74) is 2.27. The van der Waals surface area contributed by atoms with Crippen LogP contribution in [-0.4, -0.2) is 39.7 Å². The van der Waals surface area contributed by atoms with Gasteiger partial charge < -0.3 is 4.90 Å². The molecule has 0 saturated heterocycles. The molecule has 0 aliphatic carbocycles. The van der Waals surface area contributed by atoms with Crippen LogP contribution in [0.3, 0.4) is 0 Å². The van der Waals surface area contributed by atoms with Gasteiger partial charge in [-0.1, -0.05) is 30.0 Å². The Kier molecular flexibility index (Phi) is 4.49. The van der Waals surface area contributed by atoms with Crippen LogP contribution in [0.4, 0.5) is 0 Å². The van der Waals surface area contributed by atoms with Gasteiger partial charge in [-0.2, -0.15) is 0 Å². The maximum atomic E-state index is 12.0. The average Bonchev–Trinajstić information content (AvgIpc) is 2.86. The molecule has 1 amide bonds. The van der Waals surface area contributed by atoms with Crippen LogP contribution in [0.2, 0.25) is 0 Å². The van der Waals surface area contributed by atoms with Gasteiger partial charge >= 0.3 is 0 Å². The summed E-state index contributed by atoms with van der Waals surface area (Å²) in [6, 6.07) is 8.14. The van der Waals surface area contributed by atoms with Crippen molar-refractivity contribution in [1.29, 1.82) is 0 Å². The van der Waals surface area contributed by atoms with Crippen molar-refractivity contribution in [2.24, 2.45) is 0 Å². The molecule has 0 saturated carbocycles. The molecular weight excluding hydrogens is 270 g/mol. The molecule has 0 spiro atoms. The van der Waals surface area contributed by atoms with Gasteiger partial charge in [0.2, 0.25) is 5.91 Å². The number of imidazole rings is 1. The summed E-state index contributed by atoms with van der Waals surface area (Å²) < 4.78 is 2.03. The largest absolute Gasteiger partial charge is 0.348 e. The number of aryl methyl sites for hydroxylation is 1. The summed E-state index contributed by atoms with van der Waals surface area (Å²) in [6.07, 6.45) is 3.69. The van der Waals surface area contributed by atoms with E-state index in [1.54, 1.807) is 25.2 Å². The Morgan fingerprint density at radius 2 is 2.05 bits per heavy atom. The first-order valence-electron chi connectivity index (χ1n) is 6.48. The fourth-order valence-corrected chi connectivity index (χ4v) is 2.99. The molecule has 0 N–H and O–H groups in total. The van der Waals surface area contributed by atoms with Gasteiger partial charge in [0.15, 0.2) is 5.16 Å². The zero-order chi connectivity index (χ0) is 14.7. The van der Waals surface area contributed by atoms with E-state index < -0.39 is 0 Å². The first-order chi connectivity index (χ1) is 9.50. The van der Waals surface area contributed by atoms with Crippen molar-refractivity contribution >= 4 is 17.7 Å². The summed E-state index contributed by atoms with van der Waals surface area (Å²) in [7, 11) is 3.54. The number of carbonyl (C=O) groups is 1. The van der Waals surface area contributed by atoms with E-state index in [0.29, 0.717) is 0 Å². The van der Waals surface area contributed by atoms with Gasteiger partial charge in [0.1, 0.15) is 0 Å². The molecule has 2 rings (SSSR count). The molecule has 1 aromatic carbocycles. The van der Waals surface area contributed by atoms with Crippen molar-refractivity contribution in [3.8, 4) is 5.69 Å². The van der Waals surface area contributed by atoms with Gasteiger partial charge in [-0.3, -0.25) is 9.36 Å². The van der Waals surface area contributed by atoms with Crippen LogP contribution in [0.15, 0.2) is 41.8 Å². The topological polar surface area (TPSA) is 38.1 Å². The lowest BCUT2D eigenvalue weighted by Gasteiger charge is -2.17. The number of thioether (sulfide) groups is 1. The van der Waals surface area contributed by atoms with Gasteiger partial charge in [-0.05, 0) is 25.5 Å². The predicted octanol–water partition coefficient (Wildman–Crippen LogP) is 2.75. The summed E-state index contributed by atoms with van der Waals surface area (Å²) in [4.78, 5) is 17.9. The Hall–Kier alpha value is -1.75. The molecule has 0 bridgehead atoms. The number of rotatable bonds is 4. The second-order valence-corrected chi connectivity index (χ2v) is 6.17. The molecule has 0 unspecified atom stereocenters. The lowest BCUT2D eigenvalue weighted by Crippen LogP contribution is -2.29. The van der Waals surface area contributed by atoms with Crippen molar-refractivity contribution < 1.29 is 4.79 Å². The summed E-state index contributed by atoms with van der Waals surface area (Å²) in [5.74, 6) is 0.0920. The van der Waals surface area contributed by atoms with Gasteiger partial charge in [-0.15, -0.1) is 0 Å². The Labute approximate surface area is 123 Å². The highest BCUT2D eigenvalue weighted by Crippen LogP contribution is 2.26. The van der Waals surface area contributed by atoms with Crippen molar-refractivity contribution in [1.82, 2.24) is 14.5 Å². The number of hydrogen-bond acceptors (Lipinski definition) is 3. The van der Waals surface area contributed by atoms with Gasteiger partial charge in [0.05, 0.1) is 10.9 Å². The molecule has 0 aliphatic heterocycles. The molecule has 106 valence electrons. The lowest BCUT2D eigenvalue weighted by molar-refractivity contribution is -0.127. The highest BCUT2D eigenvalue weighted by Gasteiger charge is 2.19. The maximum absolute atomic E-state index is 12.0. The van der Waals surface area contributed by atoms with Crippen LogP contribution in [-0.2, 0) is 4.79 Å². The lowest BCUT2D eigenvalue weighted by atomic mass is 10.2. The standard InChI is InChI=1S/C15H19N3OS/c1-11-7-5-6-8-13(11)18-10-9-16-15(18)20-12(2)14(19)17(3)4/h5-10,12H,1-4H3/t12-/m1/s1. The third-order valence-electron chi connectivity index (χ3n) is 3.05. The highest BCUT2D eigenvalue weighted by molar-refractivity contribution is 8.00.